The van der Waals surface area contributed by atoms with Crippen molar-refractivity contribution in [3.8, 4) is 0 Å². The Morgan fingerprint density at radius 1 is 1.48 bits per heavy atom. The maximum absolute atomic E-state index is 13.0. The van der Waals surface area contributed by atoms with Gasteiger partial charge in [0, 0.05) is 5.69 Å². The number of nitrogen functional groups attached to an aromatic ring is 2. The first kappa shape index (κ1) is 15.1. The van der Waals surface area contributed by atoms with Crippen molar-refractivity contribution < 1.29 is 9.18 Å². The van der Waals surface area contributed by atoms with Crippen molar-refractivity contribution in [2.75, 3.05) is 22.3 Å². The van der Waals surface area contributed by atoms with E-state index < -0.39 is 0 Å². The van der Waals surface area contributed by atoms with E-state index in [1.165, 1.54) is 18.2 Å². The number of nitrogens with two attached hydrogens (primary N) is 2. The van der Waals surface area contributed by atoms with Crippen molar-refractivity contribution in [3.63, 3.8) is 0 Å². The molecular formula is C11H14FN7OS. The predicted molar refractivity (Wildman–Crippen MR) is 78.5 cm³/mol. The zero-order valence-corrected chi connectivity index (χ0v) is 11.9. The smallest absolute Gasteiger partial charge is 0.258 e. The lowest BCUT2D eigenvalue weighted by Gasteiger charge is -2.08. The van der Waals surface area contributed by atoms with Crippen molar-refractivity contribution in [3.05, 3.63) is 29.6 Å². The normalized spacial score (nSPS) is 10.4. The summed E-state index contributed by atoms with van der Waals surface area (Å²) in [6.45, 7) is 1.71. The lowest BCUT2D eigenvalue weighted by molar-refractivity contribution is -0.113. The Labute approximate surface area is 124 Å². The number of hydrogen-bond donors (Lipinski definition) is 4. The summed E-state index contributed by atoms with van der Waals surface area (Å²) in [6, 6.07) is 4.14. The third-order valence-electron chi connectivity index (χ3n) is 2.59. The molecule has 0 saturated heterocycles. The second kappa shape index (κ2) is 6.41. The van der Waals surface area contributed by atoms with Gasteiger partial charge in [0.1, 0.15) is 5.82 Å². The van der Waals surface area contributed by atoms with Crippen molar-refractivity contribution in [2.45, 2.75) is 12.1 Å². The summed E-state index contributed by atoms with van der Waals surface area (Å²) in [6.07, 6.45) is 0. The molecule has 0 fully saturated rings. The number of benzene rings is 1. The molecule has 112 valence electrons. The van der Waals surface area contributed by atoms with Gasteiger partial charge in [-0.25, -0.2) is 14.9 Å². The first-order valence-corrected chi connectivity index (χ1v) is 6.85. The number of halogens is 1. The van der Waals surface area contributed by atoms with Gasteiger partial charge in [-0.15, -0.1) is 10.2 Å². The van der Waals surface area contributed by atoms with E-state index in [0.717, 1.165) is 16.4 Å². The van der Waals surface area contributed by atoms with Crippen LogP contribution in [0.15, 0.2) is 23.4 Å². The van der Waals surface area contributed by atoms with Crippen LogP contribution in [0.1, 0.15) is 5.56 Å². The summed E-state index contributed by atoms with van der Waals surface area (Å²) in [5, 5.41) is 10.5. The van der Waals surface area contributed by atoms with Gasteiger partial charge >= 0.3 is 0 Å². The first-order valence-electron chi connectivity index (χ1n) is 5.87. The van der Waals surface area contributed by atoms with Gasteiger partial charge in [0.25, 0.3) is 5.95 Å². The van der Waals surface area contributed by atoms with Crippen LogP contribution in [-0.4, -0.2) is 26.5 Å². The highest BCUT2D eigenvalue weighted by Crippen LogP contribution is 2.18. The van der Waals surface area contributed by atoms with Crippen LogP contribution in [0.25, 0.3) is 0 Å². The van der Waals surface area contributed by atoms with Crippen LogP contribution in [-0.2, 0) is 4.79 Å². The molecule has 0 radical (unpaired) electrons. The number of nitrogens with zero attached hydrogens (tertiary/aromatic N) is 3. The molecule has 2 aromatic rings. The van der Waals surface area contributed by atoms with E-state index in [9.17, 15) is 9.18 Å². The van der Waals surface area contributed by atoms with E-state index >= 15 is 0 Å². The Bertz CT molecular complexity index is 660. The molecule has 0 spiro atoms. The highest BCUT2D eigenvalue weighted by Gasteiger charge is 2.12. The van der Waals surface area contributed by atoms with Gasteiger partial charge < -0.3 is 11.2 Å². The van der Waals surface area contributed by atoms with Crippen molar-refractivity contribution in [2.24, 2.45) is 5.84 Å². The minimum Gasteiger partial charge on any atom is -0.334 e. The van der Waals surface area contributed by atoms with Crippen LogP contribution >= 0.6 is 11.8 Å². The van der Waals surface area contributed by atoms with E-state index in [1.54, 1.807) is 6.92 Å². The quantitative estimate of drug-likeness (QED) is 0.359. The Balaban J connectivity index is 1.94. The Morgan fingerprint density at radius 2 is 2.24 bits per heavy atom. The molecule has 0 aliphatic carbocycles. The van der Waals surface area contributed by atoms with Crippen molar-refractivity contribution >= 4 is 29.3 Å². The fraction of sp³-hybridized carbons (Fsp3) is 0.182. The summed E-state index contributed by atoms with van der Waals surface area (Å²) in [5.74, 6) is 10.5. The number of aryl methyl sites for hydroxylation is 1. The van der Waals surface area contributed by atoms with E-state index in [4.69, 9.17) is 11.7 Å². The molecule has 0 aliphatic heterocycles. The van der Waals surface area contributed by atoms with Gasteiger partial charge in [-0.05, 0) is 30.7 Å². The van der Waals surface area contributed by atoms with Crippen LogP contribution in [0.2, 0.25) is 0 Å². The molecule has 0 unspecified atom stereocenters. The monoisotopic (exact) mass is 311 g/mol. The van der Waals surface area contributed by atoms with Crippen molar-refractivity contribution in [1.82, 2.24) is 14.9 Å². The van der Waals surface area contributed by atoms with Gasteiger partial charge in [0.15, 0.2) is 0 Å². The van der Waals surface area contributed by atoms with Crippen LogP contribution < -0.4 is 22.4 Å². The van der Waals surface area contributed by atoms with Gasteiger partial charge in [0.2, 0.25) is 11.1 Å². The molecule has 0 saturated carbocycles. The maximum Gasteiger partial charge on any atom is 0.258 e. The zero-order valence-electron chi connectivity index (χ0n) is 11.1. The number of rotatable bonds is 5. The van der Waals surface area contributed by atoms with Gasteiger partial charge in [0.05, 0.1) is 5.75 Å². The van der Waals surface area contributed by atoms with Crippen LogP contribution in [0.3, 0.4) is 0 Å². The zero-order chi connectivity index (χ0) is 15.4. The largest absolute Gasteiger partial charge is 0.334 e. The molecule has 0 aliphatic rings. The molecule has 6 N–H and O–H groups in total. The van der Waals surface area contributed by atoms with Crippen LogP contribution in [0, 0.1) is 12.7 Å². The minimum atomic E-state index is -0.349. The number of amides is 1. The molecule has 0 bridgehead atoms. The summed E-state index contributed by atoms with van der Waals surface area (Å²) < 4.78 is 14.1. The number of carbonyl (C=O) groups is 1. The number of anilines is 2. The molecule has 1 aromatic heterocycles. The fourth-order valence-corrected chi connectivity index (χ4v) is 2.21. The Morgan fingerprint density at radius 3 is 2.86 bits per heavy atom. The SMILES string of the molecule is Cc1cc(F)ccc1NC(=O)CSc1nnc(NN)n1N. The van der Waals surface area contributed by atoms with Crippen molar-refractivity contribution in [1.29, 1.82) is 0 Å². The third-order valence-corrected chi connectivity index (χ3v) is 3.53. The molecule has 1 heterocycles. The number of hydrogen-bond acceptors (Lipinski definition) is 7. The highest BCUT2D eigenvalue weighted by atomic mass is 32.2. The first-order chi connectivity index (χ1) is 10.0. The molecule has 2 rings (SSSR count). The average Bonchev–Trinajstić information content (AvgIpc) is 2.80. The molecule has 10 heteroatoms. The average molecular weight is 311 g/mol. The molecular weight excluding hydrogens is 297 g/mol. The number of aromatic nitrogens is 3. The number of thioether (sulfide) groups is 1. The number of hydrazine groups is 1. The number of carbonyl (C=O) groups excluding carboxylic acids is 1. The highest BCUT2D eigenvalue weighted by molar-refractivity contribution is 7.99. The molecule has 0 atom stereocenters. The third kappa shape index (κ3) is 3.61. The second-order valence-corrected chi connectivity index (χ2v) is 5.06. The Kier molecular flexibility index (Phi) is 4.60. The lowest BCUT2D eigenvalue weighted by Crippen LogP contribution is -2.19. The summed E-state index contributed by atoms with van der Waals surface area (Å²) >= 11 is 1.10. The Hall–Kier alpha value is -2.33. The van der Waals surface area contributed by atoms with E-state index in [0.29, 0.717) is 16.4 Å². The predicted octanol–water partition coefficient (Wildman–Crippen LogP) is 0.456. The topological polar surface area (TPSA) is 124 Å². The standard InChI is InChI=1S/C11H14FN7OS/c1-6-4-7(12)2-3-8(6)15-9(20)5-21-11-18-17-10(16-13)19(11)14/h2-4H,5,13-14H2,1H3,(H,15,20)(H,16,17). The molecule has 1 amide bonds. The second-order valence-electron chi connectivity index (χ2n) is 4.12. The summed E-state index contributed by atoms with van der Waals surface area (Å²) in [4.78, 5) is 11.8. The van der Waals surface area contributed by atoms with E-state index in [2.05, 4.69) is 20.9 Å². The molecule has 21 heavy (non-hydrogen) atoms. The summed E-state index contributed by atoms with van der Waals surface area (Å²) in [5.41, 5.74) is 3.47. The fourth-order valence-electron chi connectivity index (χ4n) is 1.56. The lowest BCUT2D eigenvalue weighted by atomic mass is 10.2. The molecule has 1 aromatic carbocycles. The van der Waals surface area contributed by atoms with Gasteiger partial charge in [-0.3, -0.25) is 10.2 Å². The van der Waals surface area contributed by atoms with Gasteiger partial charge in [-0.2, -0.15) is 0 Å². The minimum absolute atomic E-state index is 0.0801. The van der Waals surface area contributed by atoms with E-state index in [-0.39, 0.29) is 23.4 Å². The van der Waals surface area contributed by atoms with Crippen LogP contribution in [0.4, 0.5) is 16.0 Å². The number of nitrogens with one attached hydrogen (secondary N) is 2. The van der Waals surface area contributed by atoms with Crippen LogP contribution in [0.5, 0.6) is 0 Å². The molecule has 8 nitrogen and oxygen atoms in total. The summed E-state index contributed by atoms with van der Waals surface area (Å²) in [7, 11) is 0. The van der Waals surface area contributed by atoms with E-state index in [1.807, 2.05) is 0 Å². The van der Waals surface area contributed by atoms with Gasteiger partial charge in [-0.1, -0.05) is 11.8 Å². The maximum atomic E-state index is 13.0.